The lowest BCUT2D eigenvalue weighted by molar-refractivity contribution is -0.146. The molecular formula is C17H17NO2. The number of benzene rings is 2. The first kappa shape index (κ1) is 14.0. The van der Waals surface area contributed by atoms with Crippen LogP contribution in [0.4, 0.5) is 0 Å². The second-order valence-corrected chi connectivity index (χ2v) is 4.60. The largest absolute Gasteiger partial charge is 0.467 e. The van der Waals surface area contributed by atoms with Crippen LogP contribution in [0.25, 0.3) is 0 Å². The van der Waals surface area contributed by atoms with E-state index in [9.17, 15) is 4.79 Å². The van der Waals surface area contributed by atoms with Crippen molar-refractivity contribution in [3.05, 3.63) is 71.8 Å². The van der Waals surface area contributed by atoms with E-state index in [0.29, 0.717) is 0 Å². The Morgan fingerprint density at radius 1 is 1.05 bits per heavy atom. The fourth-order valence-electron chi connectivity index (χ4n) is 1.95. The molecular weight excluding hydrogens is 250 g/mol. The van der Waals surface area contributed by atoms with Crippen LogP contribution in [0.3, 0.4) is 0 Å². The van der Waals surface area contributed by atoms with E-state index in [1.54, 1.807) is 13.1 Å². The highest BCUT2D eigenvalue weighted by molar-refractivity contribution is 5.87. The molecule has 0 amide bonds. The standard InChI is InChI=1S/C17H17NO2/c1-17(16(19)20-2,15-11-7-4-8-12-15)18-13-14-9-5-3-6-10-14/h3-13H,1-2H3/t17-/m0/s1. The van der Waals surface area contributed by atoms with Gasteiger partial charge in [0.25, 0.3) is 0 Å². The molecule has 0 aromatic heterocycles. The van der Waals surface area contributed by atoms with E-state index in [2.05, 4.69) is 4.99 Å². The quantitative estimate of drug-likeness (QED) is 0.630. The summed E-state index contributed by atoms with van der Waals surface area (Å²) in [6.45, 7) is 1.76. The number of hydrogen-bond acceptors (Lipinski definition) is 3. The third-order valence-electron chi connectivity index (χ3n) is 3.19. The lowest BCUT2D eigenvalue weighted by atomic mass is 9.93. The summed E-state index contributed by atoms with van der Waals surface area (Å²) in [6.07, 6.45) is 1.70. The van der Waals surface area contributed by atoms with E-state index in [1.165, 1.54) is 7.11 Å². The zero-order chi connectivity index (χ0) is 14.4. The molecule has 0 aliphatic heterocycles. The number of methoxy groups -OCH3 is 1. The smallest absolute Gasteiger partial charge is 0.338 e. The third-order valence-corrected chi connectivity index (χ3v) is 3.19. The molecule has 20 heavy (non-hydrogen) atoms. The van der Waals surface area contributed by atoms with Crippen molar-refractivity contribution >= 4 is 12.2 Å². The highest BCUT2D eigenvalue weighted by atomic mass is 16.5. The minimum atomic E-state index is -1.04. The van der Waals surface area contributed by atoms with Gasteiger partial charge in [0.1, 0.15) is 0 Å². The number of ether oxygens (including phenoxy) is 1. The number of carbonyl (C=O) groups is 1. The van der Waals surface area contributed by atoms with Crippen molar-refractivity contribution < 1.29 is 9.53 Å². The van der Waals surface area contributed by atoms with Crippen LogP contribution in [0.15, 0.2) is 65.7 Å². The minimum Gasteiger partial charge on any atom is -0.467 e. The Kier molecular flexibility index (Phi) is 4.31. The molecule has 3 nitrogen and oxygen atoms in total. The maximum absolute atomic E-state index is 12.1. The Hall–Kier alpha value is -2.42. The van der Waals surface area contributed by atoms with E-state index in [4.69, 9.17) is 4.74 Å². The van der Waals surface area contributed by atoms with Crippen LogP contribution in [-0.2, 0) is 15.1 Å². The summed E-state index contributed by atoms with van der Waals surface area (Å²) < 4.78 is 4.91. The summed E-state index contributed by atoms with van der Waals surface area (Å²) in [4.78, 5) is 16.6. The van der Waals surface area contributed by atoms with Crippen LogP contribution in [0.2, 0.25) is 0 Å². The molecule has 0 heterocycles. The molecule has 0 radical (unpaired) electrons. The fraction of sp³-hybridized carbons (Fsp3) is 0.176. The van der Waals surface area contributed by atoms with Gasteiger partial charge in [0.2, 0.25) is 0 Å². The van der Waals surface area contributed by atoms with E-state index in [0.717, 1.165) is 11.1 Å². The van der Waals surface area contributed by atoms with E-state index < -0.39 is 5.54 Å². The first-order chi connectivity index (χ1) is 9.66. The Balaban J connectivity index is 2.39. The van der Waals surface area contributed by atoms with Gasteiger partial charge in [-0.3, -0.25) is 4.99 Å². The van der Waals surface area contributed by atoms with Crippen LogP contribution >= 0.6 is 0 Å². The molecule has 1 atom stereocenters. The van der Waals surface area contributed by atoms with Gasteiger partial charge in [0.05, 0.1) is 7.11 Å². The van der Waals surface area contributed by atoms with Crippen LogP contribution in [0, 0.1) is 0 Å². The van der Waals surface area contributed by atoms with Crippen molar-refractivity contribution in [2.75, 3.05) is 7.11 Å². The van der Waals surface area contributed by atoms with Crippen molar-refractivity contribution in [2.24, 2.45) is 4.99 Å². The predicted molar refractivity (Wildman–Crippen MR) is 79.8 cm³/mol. The molecule has 0 bridgehead atoms. The van der Waals surface area contributed by atoms with Crippen molar-refractivity contribution in [3.63, 3.8) is 0 Å². The van der Waals surface area contributed by atoms with Gasteiger partial charge in [-0.2, -0.15) is 0 Å². The molecule has 0 spiro atoms. The molecule has 2 rings (SSSR count). The van der Waals surface area contributed by atoms with Gasteiger partial charge in [-0.1, -0.05) is 60.7 Å². The molecule has 102 valence electrons. The number of aliphatic imine (C=N–C) groups is 1. The van der Waals surface area contributed by atoms with Crippen molar-refractivity contribution in [1.82, 2.24) is 0 Å². The molecule has 0 aliphatic carbocycles. The number of nitrogens with zero attached hydrogens (tertiary/aromatic N) is 1. The van der Waals surface area contributed by atoms with Gasteiger partial charge in [-0.25, -0.2) is 4.79 Å². The Bertz CT molecular complexity index is 593. The number of carbonyl (C=O) groups excluding carboxylic acids is 1. The minimum absolute atomic E-state index is 0.379. The molecule has 0 saturated carbocycles. The normalized spacial score (nSPS) is 13.9. The topological polar surface area (TPSA) is 38.7 Å². The summed E-state index contributed by atoms with van der Waals surface area (Å²) in [5.41, 5.74) is 0.712. The number of rotatable bonds is 4. The summed E-state index contributed by atoms with van der Waals surface area (Å²) in [5, 5.41) is 0. The van der Waals surface area contributed by atoms with Gasteiger partial charge in [-0.15, -0.1) is 0 Å². The lowest BCUT2D eigenvalue weighted by Crippen LogP contribution is -2.32. The van der Waals surface area contributed by atoms with E-state index >= 15 is 0 Å². The Morgan fingerprint density at radius 2 is 1.60 bits per heavy atom. The number of esters is 1. The van der Waals surface area contributed by atoms with Gasteiger partial charge < -0.3 is 4.74 Å². The predicted octanol–water partition coefficient (Wildman–Crippen LogP) is 3.19. The first-order valence-corrected chi connectivity index (χ1v) is 6.41. The lowest BCUT2D eigenvalue weighted by Gasteiger charge is -2.22. The summed E-state index contributed by atoms with van der Waals surface area (Å²) in [5.74, 6) is -0.379. The molecule has 0 aliphatic rings. The second kappa shape index (κ2) is 6.15. The maximum atomic E-state index is 12.1. The summed E-state index contributed by atoms with van der Waals surface area (Å²) >= 11 is 0. The van der Waals surface area contributed by atoms with Gasteiger partial charge >= 0.3 is 5.97 Å². The zero-order valence-electron chi connectivity index (χ0n) is 11.6. The number of hydrogen-bond donors (Lipinski definition) is 0. The van der Waals surface area contributed by atoms with Crippen molar-refractivity contribution in [1.29, 1.82) is 0 Å². The highest BCUT2D eigenvalue weighted by Gasteiger charge is 2.35. The monoisotopic (exact) mass is 267 g/mol. The van der Waals surface area contributed by atoms with Crippen LogP contribution in [0.1, 0.15) is 18.1 Å². The molecule has 2 aromatic rings. The van der Waals surface area contributed by atoms with Crippen LogP contribution in [0.5, 0.6) is 0 Å². The zero-order valence-corrected chi connectivity index (χ0v) is 11.6. The molecule has 3 heteroatoms. The van der Waals surface area contributed by atoms with Crippen LogP contribution in [-0.4, -0.2) is 19.3 Å². The van der Waals surface area contributed by atoms with E-state index in [1.807, 2.05) is 60.7 Å². The van der Waals surface area contributed by atoms with Crippen molar-refractivity contribution in [2.45, 2.75) is 12.5 Å². The maximum Gasteiger partial charge on any atom is 0.338 e. The second-order valence-electron chi connectivity index (χ2n) is 4.60. The van der Waals surface area contributed by atoms with E-state index in [-0.39, 0.29) is 5.97 Å². The highest BCUT2D eigenvalue weighted by Crippen LogP contribution is 2.26. The average molecular weight is 267 g/mol. The summed E-state index contributed by atoms with van der Waals surface area (Å²) in [7, 11) is 1.38. The van der Waals surface area contributed by atoms with Gasteiger partial charge in [0, 0.05) is 6.21 Å². The van der Waals surface area contributed by atoms with Crippen molar-refractivity contribution in [3.8, 4) is 0 Å². The fourth-order valence-corrected chi connectivity index (χ4v) is 1.95. The molecule has 0 saturated heterocycles. The molecule has 2 aromatic carbocycles. The summed E-state index contributed by atoms with van der Waals surface area (Å²) in [6, 6.07) is 19.1. The van der Waals surface area contributed by atoms with Gasteiger partial charge in [0.15, 0.2) is 5.54 Å². The molecule has 0 N–H and O–H groups in total. The Morgan fingerprint density at radius 3 is 2.15 bits per heavy atom. The molecule has 0 unspecified atom stereocenters. The molecule has 0 fully saturated rings. The Labute approximate surface area is 118 Å². The SMILES string of the molecule is COC(=O)[C@@](C)(N=Cc1ccccc1)c1ccccc1. The average Bonchev–Trinajstić information content (AvgIpc) is 2.53. The first-order valence-electron chi connectivity index (χ1n) is 6.41. The van der Waals surface area contributed by atoms with Gasteiger partial charge in [-0.05, 0) is 18.1 Å². The van der Waals surface area contributed by atoms with Crippen LogP contribution < -0.4 is 0 Å². The third kappa shape index (κ3) is 2.94.